The number of nitrogens with one attached hydrogen (secondary N) is 1. The van der Waals surface area contributed by atoms with Gasteiger partial charge in [-0.1, -0.05) is 54.1 Å². The summed E-state index contributed by atoms with van der Waals surface area (Å²) in [5.74, 6) is -3.48. The molecule has 0 spiro atoms. The Morgan fingerprint density at radius 1 is 0.895 bits per heavy atom. The van der Waals surface area contributed by atoms with Crippen LogP contribution >= 0.6 is 11.6 Å². The summed E-state index contributed by atoms with van der Waals surface area (Å²) >= 11 is 6.12. The molecule has 0 aliphatic rings. The van der Waals surface area contributed by atoms with Gasteiger partial charge >= 0.3 is 0 Å². The summed E-state index contributed by atoms with van der Waals surface area (Å²) in [5, 5.41) is 1.95. The highest BCUT2D eigenvalue weighted by molar-refractivity contribution is 7.90. The molecule has 0 heterocycles. The van der Waals surface area contributed by atoms with Gasteiger partial charge in [-0.05, 0) is 85.1 Å². The van der Waals surface area contributed by atoms with Gasteiger partial charge in [0.05, 0.1) is 4.90 Å². The van der Waals surface area contributed by atoms with E-state index in [1.807, 2.05) is 12.1 Å². The van der Waals surface area contributed by atoms with Gasteiger partial charge in [-0.15, -0.1) is 0 Å². The minimum atomic E-state index is -4.29. The molecule has 6 nitrogen and oxygen atoms in total. The van der Waals surface area contributed by atoms with Gasteiger partial charge in [-0.3, -0.25) is 9.59 Å². The highest BCUT2D eigenvalue weighted by Crippen LogP contribution is 2.25. The summed E-state index contributed by atoms with van der Waals surface area (Å²) in [4.78, 5) is 28.6. The number of benzene rings is 4. The highest BCUT2D eigenvalue weighted by Gasteiger charge is 2.35. The first-order valence-electron chi connectivity index (χ1n) is 11.9. The molecule has 38 heavy (non-hydrogen) atoms. The molecule has 196 valence electrons. The molecule has 9 heteroatoms. The zero-order valence-corrected chi connectivity index (χ0v) is 22.3. The Kier molecular flexibility index (Phi) is 8.14. The average Bonchev–Trinajstić information content (AvgIpc) is 2.87. The van der Waals surface area contributed by atoms with Crippen LogP contribution < -0.4 is 9.62 Å². The summed E-state index contributed by atoms with van der Waals surface area (Å²) in [7, 11) is -4.29. The largest absolute Gasteiger partial charge is 0.309 e. The molecule has 0 bridgehead atoms. The number of nitrogens with zero attached hydrogens (tertiary/aromatic N) is 1. The van der Waals surface area contributed by atoms with Crippen molar-refractivity contribution in [2.75, 3.05) is 4.90 Å². The second kappa shape index (κ2) is 11.3. The Bertz CT molecular complexity index is 1590. The first kappa shape index (κ1) is 27.3. The van der Waals surface area contributed by atoms with Crippen molar-refractivity contribution < 1.29 is 22.4 Å². The summed E-state index contributed by atoms with van der Waals surface area (Å²) in [6.45, 7) is 3.50. The highest BCUT2D eigenvalue weighted by atomic mass is 35.5. The maximum absolute atomic E-state index is 13.8. The Morgan fingerprint density at radius 3 is 2.24 bits per heavy atom. The number of hydrogen-bond acceptors (Lipinski definition) is 4. The number of carbonyl (C=O) groups excluding carboxylic acids is 2. The molecule has 1 atom stereocenters. The normalized spacial score (nSPS) is 12.3. The summed E-state index contributed by atoms with van der Waals surface area (Å²) in [5.41, 5.74) is 0.963. The molecule has 2 amide bonds. The maximum Gasteiger partial charge on any atom is 0.264 e. The average molecular weight is 553 g/mol. The van der Waals surface area contributed by atoms with Gasteiger partial charge in [0, 0.05) is 16.8 Å². The molecular formula is C29H26ClFN2O4S. The monoisotopic (exact) mass is 552 g/mol. The van der Waals surface area contributed by atoms with E-state index in [9.17, 15) is 22.4 Å². The van der Waals surface area contributed by atoms with Crippen LogP contribution in [0.25, 0.3) is 10.8 Å². The molecule has 4 aromatic rings. The topological polar surface area (TPSA) is 83.6 Å². The lowest BCUT2D eigenvalue weighted by molar-refractivity contribution is -0.132. The molecule has 0 saturated heterocycles. The van der Waals surface area contributed by atoms with Gasteiger partial charge in [0.25, 0.3) is 10.0 Å². The van der Waals surface area contributed by atoms with Crippen LogP contribution in [0.15, 0.2) is 95.9 Å². The van der Waals surface area contributed by atoms with Crippen LogP contribution in [0, 0.1) is 11.7 Å². The van der Waals surface area contributed by atoms with Crippen LogP contribution in [0.2, 0.25) is 5.02 Å². The van der Waals surface area contributed by atoms with Crippen molar-refractivity contribution in [1.29, 1.82) is 0 Å². The molecule has 0 aliphatic carbocycles. The second-order valence-electron chi connectivity index (χ2n) is 9.14. The van der Waals surface area contributed by atoms with E-state index in [4.69, 9.17) is 11.6 Å². The van der Waals surface area contributed by atoms with E-state index in [1.54, 1.807) is 56.3 Å². The lowest BCUT2D eigenvalue weighted by Crippen LogP contribution is -2.48. The smallest absolute Gasteiger partial charge is 0.264 e. The molecule has 1 N–H and O–H groups in total. The van der Waals surface area contributed by atoms with Crippen molar-refractivity contribution in [3.63, 3.8) is 0 Å². The van der Waals surface area contributed by atoms with Crippen molar-refractivity contribution in [3.05, 3.63) is 107 Å². The van der Waals surface area contributed by atoms with Gasteiger partial charge < -0.3 is 4.90 Å². The molecule has 1 unspecified atom stereocenters. The van der Waals surface area contributed by atoms with Crippen molar-refractivity contribution >= 4 is 49.9 Å². The third kappa shape index (κ3) is 6.20. The number of anilines is 1. The van der Waals surface area contributed by atoms with E-state index in [2.05, 4.69) is 4.72 Å². The van der Waals surface area contributed by atoms with Crippen molar-refractivity contribution in [2.45, 2.75) is 31.2 Å². The number of halogens is 2. The minimum absolute atomic E-state index is 0.0944. The van der Waals surface area contributed by atoms with Gasteiger partial charge in [0.1, 0.15) is 11.7 Å². The SMILES string of the molecule is CC(C)N(C(=O)C(Cc1cccc(Cl)c1)C(=O)NS(=O)(=O)c1ccc2ccccc2c1)c1ccc(F)cc1. The van der Waals surface area contributed by atoms with Crippen LogP contribution in [0.4, 0.5) is 10.1 Å². The summed E-state index contributed by atoms with van der Waals surface area (Å²) in [6, 6.07) is 23.3. The fraction of sp³-hybridized carbons (Fsp3) is 0.172. The third-order valence-electron chi connectivity index (χ3n) is 6.07. The number of amides is 2. The van der Waals surface area contributed by atoms with Crippen LogP contribution in [-0.2, 0) is 26.0 Å². The molecule has 4 rings (SSSR count). The minimum Gasteiger partial charge on any atom is -0.309 e. The van der Waals surface area contributed by atoms with Crippen LogP contribution in [0.5, 0.6) is 0 Å². The van der Waals surface area contributed by atoms with E-state index in [0.717, 1.165) is 5.39 Å². The molecular weight excluding hydrogens is 527 g/mol. The second-order valence-corrected chi connectivity index (χ2v) is 11.3. The lowest BCUT2D eigenvalue weighted by Gasteiger charge is -2.30. The fourth-order valence-corrected chi connectivity index (χ4v) is 5.51. The van der Waals surface area contributed by atoms with E-state index in [1.165, 1.54) is 41.3 Å². The van der Waals surface area contributed by atoms with Crippen molar-refractivity contribution in [3.8, 4) is 0 Å². The molecule has 0 fully saturated rings. The van der Waals surface area contributed by atoms with Gasteiger partial charge in [-0.2, -0.15) is 0 Å². The van der Waals surface area contributed by atoms with E-state index in [-0.39, 0.29) is 11.3 Å². The number of sulfonamides is 1. The van der Waals surface area contributed by atoms with Crippen LogP contribution in [0.3, 0.4) is 0 Å². The Hall–Kier alpha value is -3.75. The number of rotatable bonds is 8. The zero-order chi connectivity index (χ0) is 27.4. The number of hydrogen-bond donors (Lipinski definition) is 1. The van der Waals surface area contributed by atoms with Crippen LogP contribution in [-0.4, -0.2) is 26.3 Å². The fourth-order valence-electron chi connectivity index (χ4n) is 4.24. The Labute approximate surface area is 226 Å². The number of carbonyl (C=O) groups is 2. The Balaban J connectivity index is 1.69. The van der Waals surface area contributed by atoms with E-state index >= 15 is 0 Å². The van der Waals surface area contributed by atoms with Crippen molar-refractivity contribution in [1.82, 2.24) is 4.72 Å². The standard InChI is InChI=1S/C29H26ClFN2O4S/c1-19(2)33(25-13-11-24(31)12-14-25)29(35)27(17-20-6-5-9-23(30)16-20)28(34)32-38(36,37)26-15-10-21-7-3-4-8-22(21)18-26/h3-16,18-19,27H,17H2,1-2H3,(H,32,34). The zero-order valence-electron chi connectivity index (χ0n) is 20.8. The number of fused-ring (bicyclic) bond motifs is 1. The molecule has 0 radical (unpaired) electrons. The van der Waals surface area contributed by atoms with Gasteiger partial charge in [0.15, 0.2) is 0 Å². The first-order chi connectivity index (χ1) is 18.0. The van der Waals surface area contributed by atoms with Crippen LogP contribution in [0.1, 0.15) is 19.4 Å². The first-order valence-corrected chi connectivity index (χ1v) is 13.8. The van der Waals surface area contributed by atoms with E-state index in [0.29, 0.717) is 21.7 Å². The molecule has 0 aromatic heterocycles. The predicted molar refractivity (Wildman–Crippen MR) is 147 cm³/mol. The quantitative estimate of drug-likeness (QED) is 0.283. The summed E-state index contributed by atoms with van der Waals surface area (Å²) in [6.07, 6.45) is -0.0944. The van der Waals surface area contributed by atoms with Gasteiger partial charge in [0.2, 0.25) is 11.8 Å². The lowest BCUT2D eigenvalue weighted by atomic mass is 9.96. The predicted octanol–water partition coefficient (Wildman–Crippen LogP) is 5.74. The van der Waals surface area contributed by atoms with E-state index < -0.39 is 39.6 Å². The molecule has 0 aliphatic heterocycles. The molecule has 0 saturated carbocycles. The van der Waals surface area contributed by atoms with Crippen molar-refractivity contribution in [2.24, 2.45) is 5.92 Å². The third-order valence-corrected chi connectivity index (χ3v) is 7.65. The summed E-state index contributed by atoms with van der Waals surface area (Å²) < 4.78 is 42.1. The molecule has 4 aromatic carbocycles. The van der Waals surface area contributed by atoms with Gasteiger partial charge in [-0.25, -0.2) is 17.5 Å². The maximum atomic E-state index is 13.8. The Morgan fingerprint density at radius 2 is 1.58 bits per heavy atom.